The summed E-state index contributed by atoms with van der Waals surface area (Å²) in [5.41, 5.74) is 0.909. The van der Waals surface area contributed by atoms with Crippen molar-refractivity contribution in [2.24, 2.45) is 11.8 Å². The number of Topliss-reactive ketones (excluding diaryl/α,β-unsaturated/α-hetero) is 1. The second kappa shape index (κ2) is 4.40. The van der Waals surface area contributed by atoms with Crippen LogP contribution in [0.5, 0.6) is 0 Å². The molecule has 1 aliphatic carbocycles. The van der Waals surface area contributed by atoms with Gasteiger partial charge in [0.25, 0.3) is 0 Å². The Morgan fingerprint density at radius 1 is 1.50 bits per heavy atom. The van der Waals surface area contributed by atoms with E-state index in [1.165, 1.54) is 12.8 Å². The van der Waals surface area contributed by atoms with Gasteiger partial charge in [-0.25, -0.2) is 0 Å². The number of hydrogen-bond acceptors (Lipinski definition) is 2. The predicted octanol–water partition coefficient (Wildman–Crippen LogP) is 2.62. The van der Waals surface area contributed by atoms with Crippen LogP contribution in [0.15, 0.2) is 12.3 Å². The fraction of sp³-hybridized carbons (Fsp3) is 0.692. The van der Waals surface area contributed by atoms with Gasteiger partial charge in [0.2, 0.25) is 0 Å². The number of nitrogens with zero attached hydrogens (tertiary/aromatic N) is 2. The van der Waals surface area contributed by atoms with Gasteiger partial charge in [0, 0.05) is 18.2 Å². The molecule has 1 atom stereocenters. The molecule has 0 radical (unpaired) electrons. The summed E-state index contributed by atoms with van der Waals surface area (Å²) in [4.78, 5) is 11.9. The number of carbonyl (C=O) groups excluding carboxylic acids is 1. The number of hydrogen-bond donors (Lipinski definition) is 0. The first-order valence-corrected chi connectivity index (χ1v) is 6.14. The van der Waals surface area contributed by atoms with Crippen LogP contribution in [0.4, 0.5) is 0 Å². The Morgan fingerprint density at radius 3 is 2.69 bits per heavy atom. The van der Waals surface area contributed by atoms with Gasteiger partial charge in [-0.1, -0.05) is 6.92 Å². The Hall–Kier alpha value is -1.12. The van der Waals surface area contributed by atoms with Crippen LogP contribution >= 0.6 is 0 Å². The third-order valence-electron chi connectivity index (χ3n) is 3.38. The fourth-order valence-corrected chi connectivity index (χ4v) is 1.96. The topological polar surface area (TPSA) is 34.9 Å². The highest BCUT2D eigenvalue weighted by molar-refractivity contribution is 5.83. The van der Waals surface area contributed by atoms with Crippen molar-refractivity contribution in [3.05, 3.63) is 18.0 Å². The largest absolute Gasteiger partial charge is 0.299 e. The summed E-state index contributed by atoms with van der Waals surface area (Å²) in [6.07, 6.45) is 4.91. The molecule has 0 aromatic carbocycles. The van der Waals surface area contributed by atoms with Crippen LogP contribution in [0.2, 0.25) is 0 Å². The minimum Gasteiger partial charge on any atom is -0.299 e. The third kappa shape index (κ3) is 2.52. The molecule has 0 aliphatic heterocycles. The van der Waals surface area contributed by atoms with Crippen LogP contribution in [0.1, 0.15) is 45.3 Å². The molecule has 88 valence electrons. The van der Waals surface area contributed by atoms with E-state index >= 15 is 0 Å². The van der Waals surface area contributed by atoms with Gasteiger partial charge >= 0.3 is 0 Å². The van der Waals surface area contributed by atoms with Crippen molar-refractivity contribution in [1.29, 1.82) is 0 Å². The molecule has 1 aromatic rings. The van der Waals surface area contributed by atoms with E-state index in [1.54, 1.807) is 0 Å². The molecule has 0 saturated heterocycles. The summed E-state index contributed by atoms with van der Waals surface area (Å²) in [6, 6.07) is 2.32. The van der Waals surface area contributed by atoms with E-state index in [1.807, 2.05) is 16.9 Å². The zero-order chi connectivity index (χ0) is 11.7. The molecule has 0 bridgehead atoms. The van der Waals surface area contributed by atoms with Crippen LogP contribution in [0, 0.1) is 11.8 Å². The molecule has 16 heavy (non-hydrogen) atoms. The SMILES string of the molecule is CC(C(=O)Cc1ccn(C(C)C)n1)C1CC1. The van der Waals surface area contributed by atoms with E-state index in [4.69, 9.17) is 0 Å². The molecule has 3 heteroatoms. The lowest BCUT2D eigenvalue weighted by Crippen LogP contribution is -2.16. The minimum atomic E-state index is 0.226. The average Bonchev–Trinajstić information content (AvgIpc) is 2.97. The summed E-state index contributed by atoms with van der Waals surface area (Å²) in [7, 11) is 0. The monoisotopic (exact) mass is 220 g/mol. The molecule has 1 unspecified atom stereocenters. The predicted molar refractivity (Wildman–Crippen MR) is 63.2 cm³/mol. The molecule has 0 amide bonds. The van der Waals surface area contributed by atoms with Crippen LogP contribution in [-0.4, -0.2) is 15.6 Å². The summed E-state index contributed by atoms with van der Waals surface area (Å²) in [5, 5.41) is 4.41. The number of carbonyl (C=O) groups is 1. The van der Waals surface area contributed by atoms with Gasteiger partial charge in [-0.3, -0.25) is 9.48 Å². The van der Waals surface area contributed by atoms with E-state index in [0.29, 0.717) is 24.2 Å². The van der Waals surface area contributed by atoms with Crippen molar-refractivity contribution < 1.29 is 4.79 Å². The van der Waals surface area contributed by atoms with Crippen LogP contribution < -0.4 is 0 Å². The molecule has 1 aromatic heterocycles. The normalized spacial score (nSPS) is 17.8. The molecule has 1 fully saturated rings. The number of rotatable bonds is 5. The maximum atomic E-state index is 11.9. The zero-order valence-corrected chi connectivity index (χ0v) is 10.3. The maximum Gasteiger partial charge on any atom is 0.141 e. The molecular weight excluding hydrogens is 200 g/mol. The van der Waals surface area contributed by atoms with E-state index in [0.717, 1.165) is 5.69 Å². The van der Waals surface area contributed by atoms with Crippen molar-refractivity contribution in [2.75, 3.05) is 0 Å². The summed E-state index contributed by atoms with van der Waals surface area (Å²) in [5.74, 6) is 1.22. The van der Waals surface area contributed by atoms with Crippen molar-refractivity contribution >= 4 is 5.78 Å². The molecule has 3 nitrogen and oxygen atoms in total. The zero-order valence-electron chi connectivity index (χ0n) is 10.3. The van der Waals surface area contributed by atoms with Gasteiger partial charge < -0.3 is 0 Å². The Balaban J connectivity index is 1.94. The highest BCUT2D eigenvalue weighted by atomic mass is 16.1. The second-order valence-corrected chi connectivity index (χ2v) is 5.15. The lowest BCUT2D eigenvalue weighted by Gasteiger charge is -2.07. The molecule has 0 spiro atoms. The average molecular weight is 220 g/mol. The standard InChI is InChI=1S/C13H20N2O/c1-9(2)15-7-6-12(14-15)8-13(16)10(3)11-4-5-11/h6-7,9-11H,4-5,8H2,1-3H3. The first-order chi connectivity index (χ1) is 7.58. The van der Waals surface area contributed by atoms with Crippen LogP contribution in [-0.2, 0) is 11.2 Å². The lowest BCUT2D eigenvalue weighted by atomic mass is 9.98. The fourth-order valence-electron chi connectivity index (χ4n) is 1.96. The van der Waals surface area contributed by atoms with Crippen molar-refractivity contribution in [2.45, 2.75) is 46.1 Å². The van der Waals surface area contributed by atoms with Crippen molar-refractivity contribution in [3.8, 4) is 0 Å². The first-order valence-electron chi connectivity index (χ1n) is 6.14. The summed E-state index contributed by atoms with van der Waals surface area (Å²) >= 11 is 0. The molecule has 1 aliphatic rings. The number of aromatic nitrogens is 2. The second-order valence-electron chi connectivity index (χ2n) is 5.15. The highest BCUT2D eigenvalue weighted by Crippen LogP contribution is 2.37. The van der Waals surface area contributed by atoms with Gasteiger partial charge in [-0.05, 0) is 38.7 Å². The van der Waals surface area contributed by atoms with E-state index in [-0.39, 0.29) is 5.92 Å². The van der Waals surface area contributed by atoms with Gasteiger partial charge in [-0.15, -0.1) is 0 Å². The third-order valence-corrected chi connectivity index (χ3v) is 3.38. The van der Waals surface area contributed by atoms with Crippen molar-refractivity contribution in [3.63, 3.8) is 0 Å². The van der Waals surface area contributed by atoms with Crippen LogP contribution in [0.3, 0.4) is 0 Å². The molecule has 1 heterocycles. The molecule has 2 rings (SSSR count). The van der Waals surface area contributed by atoms with E-state index < -0.39 is 0 Å². The maximum absolute atomic E-state index is 11.9. The number of ketones is 1. The Labute approximate surface area is 96.8 Å². The molecular formula is C13H20N2O. The minimum absolute atomic E-state index is 0.226. The van der Waals surface area contributed by atoms with Gasteiger partial charge in [-0.2, -0.15) is 5.10 Å². The Bertz CT molecular complexity index is 377. The Kier molecular flexibility index (Phi) is 3.13. The lowest BCUT2D eigenvalue weighted by molar-refractivity contribution is -0.122. The summed E-state index contributed by atoms with van der Waals surface area (Å²) < 4.78 is 1.91. The summed E-state index contributed by atoms with van der Waals surface area (Å²) in [6.45, 7) is 6.23. The smallest absolute Gasteiger partial charge is 0.141 e. The van der Waals surface area contributed by atoms with Gasteiger partial charge in [0.05, 0.1) is 12.1 Å². The first kappa shape index (κ1) is 11.4. The quantitative estimate of drug-likeness (QED) is 0.764. The molecule has 0 N–H and O–H groups in total. The molecule has 1 saturated carbocycles. The van der Waals surface area contributed by atoms with E-state index in [9.17, 15) is 4.79 Å². The van der Waals surface area contributed by atoms with Gasteiger partial charge in [0.1, 0.15) is 5.78 Å². The van der Waals surface area contributed by atoms with Crippen molar-refractivity contribution in [1.82, 2.24) is 9.78 Å². The van der Waals surface area contributed by atoms with Gasteiger partial charge in [0.15, 0.2) is 0 Å². The highest BCUT2D eigenvalue weighted by Gasteiger charge is 2.32. The van der Waals surface area contributed by atoms with Crippen LogP contribution in [0.25, 0.3) is 0 Å². The Morgan fingerprint density at radius 2 is 2.19 bits per heavy atom. The van der Waals surface area contributed by atoms with E-state index in [2.05, 4.69) is 25.9 Å².